The average molecular weight is 244 g/mol. The Morgan fingerprint density at radius 2 is 2.00 bits per heavy atom. The first-order valence-electron chi connectivity index (χ1n) is 4.52. The Kier molecular flexibility index (Phi) is 2.24. The Balaban J connectivity index is 2.30. The predicted octanol–water partition coefficient (Wildman–Crippen LogP) is 4.22. The molecule has 70 valence electrons. The van der Waals surface area contributed by atoms with Crippen molar-refractivity contribution in [1.82, 2.24) is 0 Å². The van der Waals surface area contributed by atoms with Crippen molar-refractivity contribution in [3.05, 3.63) is 0 Å². The van der Waals surface area contributed by atoms with E-state index in [1.165, 1.54) is 25.7 Å². The van der Waals surface area contributed by atoms with Crippen LogP contribution in [0.1, 0.15) is 32.6 Å². The topological polar surface area (TPSA) is 0 Å². The number of hydrogen-bond acceptors (Lipinski definition) is 0. The van der Waals surface area contributed by atoms with Crippen molar-refractivity contribution < 1.29 is 0 Å². The highest BCUT2D eigenvalue weighted by Gasteiger charge is 2.62. The predicted molar refractivity (Wildman–Crippen MR) is 57.1 cm³/mol. The molecule has 12 heavy (non-hydrogen) atoms. The van der Waals surface area contributed by atoms with E-state index in [1.807, 2.05) is 0 Å². The summed E-state index contributed by atoms with van der Waals surface area (Å²) in [6.45, 7) is 2.26. The minimum atomic E-state index is -2.48. The second kappa shape index (κ2) is 2.79. The van der Waals surface area contributed by atoms with Crippen LogP contribution in [0.2, 0.25) is 5.04 Å². The summed E-state index contributed by atoms with van der Waals surface area (Å²) in [5.41, 5.74) is 0. The highest BCUT2D eigenvalue weighted by Crippen LogP contribution is 2.69. The van der Waals surface area contributed by atoms with Gasteiger partial charge in [0.2, 0.25) is 0 Å². The summed E-state index contributed by atoms with van der Waals surface area (Å²) in [6.07, 6.45) is 4.95. The SMILES string of the molecule is CC1CC2CCC1([Si](Cl)(Cl)Cl)C2. The van der Waals surface area contributed by atoms with E-state index >= 15 is 0 Å². The van der Waals surface area contributed by atoms with E-state index in [0.29, 0.717) is 5.92 Å². The molecule has 2 saturated carbocycles. The molecule has 0 aromatic rings. The minimum absolute atomic E-state index is 0.141. The van der Waals surface area contributed by atoms with Crippen molar-refractivity contribution in [3.8, 4) is 0 Å². The van der Waals surface area contributed by atoms with E-state index < -0.39 is 6.00 Å². The Labute approximate surface area is 88.7 Å². The lowest BCUT2D eigenvalue weighted by atomic mass is 9.90. The molecule has 0 nitrogen and oxygen atoms in total. The fourth-order valence-corrected chi connectivity index (χ4v) is 7.94. The van der Waals surface area contributed by atoms with Crippen LogP contribution in [0.3, 0.4) is 0 Å². The maximum atomic E-state index is 6.19. The van der Waals surface area contributed by atoms with Gasteiger partial charge in [0.1, 0.15) is 0 Å². The van der Waals surface area contributed by atoms with Gasteiger partial charge in [-0.2, -0.15) is 0 Å². The van der Waals surface area contributed by atoms with Gasteiger partial charge in [-0.25, -0.2) is 0 Å². The van der Waals surface area contributed by atoms with Gasteiger partial charge in [0.25, 0.3) is 0 Å². The van der Waals surface area contributed by atoms with Crippen LogP contribution in [0.4, 0.5) is 0 Å². The third kappa shape index (κ3) is 1.17. The molecule has 2 fully saturated rings. The molecule has 0 saturated heterocycles. The lowest BCUT2D eigenvalue weighted by Gasteiger charge is -2.37. The lowest BCUT2D eigenvalue weighted by Crippen LogP contribution is -2.34. The summed E-state index contributed by atoms with van der Waals surface area (Å²) in [6, 6.07) is -2.48. The summed E-state index contributed by atoms with van der Waals surface area (Å²) in [7, 11) is 0. The summed E-state index contributed by atoms with van der Waals surface area (Å²) in [4.78, 5) is 0. The van der Waals surface area contributed by atoms with Gasteiger partial charge in [-0.3, -0.25) is 0 Å². The van der Waals surface area contributed by atoms with Crippen LogP contribution < -0.4 is 0 Å². The minimum Gasteiger partial charge on any atom is -0.125 e. The lowest BCUT2D eigenvalue weighted by molar-refractivity contribution is 0.371. The standard InChI is InChI=1S/C8H13Cl3Si/c1-6-4-7-2-3-8(6,5-7)12(9,10)11/h6-7H,2-5H2,1H3. The highest BCUT2D eigenvalue weighted by molar-refractivity contribution is 7.65. The zero-order chi connectivity index (χ0) is 8.98. The molecule has 3 unspecified atom stereocenters. The van der Waals surface area contributed by atoms with Gasteiger partial charge in [-0.15, -0.1) is 33.2 Å². The molecule has 2 bridgehead atoms. The highest BCUT2D eigenvalue weighted by atomic mass is 35.8. The first-order valence-corrected chi connectivity index (χ1v) is 9.56. The first kappa shape index (κ1) is 9.63. The van der Waals surface area contributed by atoms with Crippen molar-refractivity contribution in [3.63, 3.8) is 0 Å². The van der Waals surface area contributed by atoms with Crippen LogP contribution in [0, 0.1) is 11.8 Å². The summed E-state index contributed by atoms with van der Waals surface area (Å²) in [5.74, 6) is 1.51. The van der Waals surface area contributed by atoms with Crippen LogP contribution in [0.25, 0.3) is 0 Å². The molecule has 4 heteroatoms. The molecule has 0 radical (unpaired) electrons. The van der Waals surface area contributed by atoms with E-state index in [1.54, 1.807) is 0 Å². The number of halogens is 3. The van der Waals surface area contributed by atoms with Crippen LogP contribution in [0.15, 0.2) is 0 Å². The number of hydrogen-bond donors (Lipinski definition) is 0. The molecule has 0 aliphatic heterocycles. The van der Waals surface area contributed by atoms with Crippen molar-refractivity contribution in [2.75, 3.05) is 0 Å². The molecular weight excluding hydrogens is 231 g/mol. The maximum Gasteiger partial charge on any atom is 0.347 e. The summed E-state index contributed by atoms with van der Waals surface area (Å²) < 4.78 is 0. The molecular formula is C8H13Cl3Si. The molecule has 0 aromatic carbocycles. The van der Waals surface area contributed by atoms with Gasteiger partial charge in [-0.1, -0.05) is 13.3 Å². The number of rotatable bonds is 1. The molecule has 2 aliphatic rings. The summed E-state index contributed by atoms with van der Waals surface area (Å²) in [5, 5.41) is 0.141. The van der Waals surface area contributed by atoms with Crippen molar-refractivity contribution >= 4 is 39.2 Å². The second-order valence-electron chi connectivity index (χ2n) is 4.40. The summed E-state index contributed by atoms with van der Waals surface area (Å²) >= 11 is 18.6. The van der Waals surface area contributed by atoms with Crippen molar-refractivity contribution in [1.29, 1.82) is 0 Å². The molecule has 0 N–H and O–H groups in total. The maximum absolute atomic E-state index is 6.19. The molecule has 2 rings (SSSR count). The van der Waals surface area contributed by atoms with E-state index in [2.05, 4.69) is 6.92 Å². The molecule has 0 aromatic heterocycles. The second-order valence-corrected chi connectivity index (χ2v) is 13.2. The van der Waals surface area contributed by atoms with Gasteiger partial charge in [0.05, 0.1) is 0 Å². The van der Waals surface area contributed by atoms with Crippen molar-refractivity contribution in [2.45, 2.75) is 37.6 Å². The fraction of sp³-hybridized carbons (Fsp3) is 1.00. The average Bonchev–Trinajstić information content (AvgIpc) is 2.41. The Hall–Kier alpha value is 1.09. The van der Waals surface area contributed by atoms with E-state index in [4.69, 9.17) is 33.2 Å². The Morgan fingerprint density at radius 1 is 1.33 bits per heavy atom. The van der Waals surface area contributed by atoms with E-state index in [-0.39, 0.29) is 5.04 Å². The molecule has 0 heterocycles. The van der Waals surface area contributed by atoms with Gasteiger partial charge in [0.15, 0.2) is 0 Å². The van der Waals surface area contributed by atoms with Crippen molar-refractivity contribution in [2.24, 2.45) is 11.8 Å². The fourth-order valence-electron chi connectivity index (χ4n) is 3.09. The zero-order valence-corrected chi connectivity index (χ0v) is 10.4. The largest absolute Gasteiger partial charge is 0.347 e. The molecule has 0 amide bonds. The smallest absolute Gasteiger partial charge is 0.125 e. The molecule has 2 aliphatic carbocycles. The Morgan fingerprint density at radius 3 is 2.25 bits per heavy atom. The van der Waals surface area contributed by atoms with Crippen LogP contribution in [-0.2, 0) is 0 Å². The quantitative estimate of drug-likeness (QED) is 0.478. The van der Waals surface area contributed by atoms with Crippen LogP contribution >= 0.6 is 33.2 Å². The normalized spacial score (nSPS) is 47.0. The first-order chi connectivity index (χ1) is 5.46. The zero-order valence-electron chi connectivity index (χ0n) is 7.12. The molecule has 3 atom stereocenters. The third-order valence-electron chi connectivity index (χ3n) is 3.85. The van der Waals surface area contributed by atoms with Gasteiger partial charge >= 0.3 is 6.00 Å². The van der Waals surface area contributed by atoms with E-state index in [0.717, 1.165) is 5.92 Å². The van der Waals surface area contributed by atoms with Crippen LogP contribution in [0.5, 0.6) is 0 Å². The Bertz CT molecular complexity index is 201. The van der Waals surface area contributed by atoms with Gasteiger partial charge < -0.3 is 0 Å². The van der Waals surface area contributed by atoms with E-state index in [9.17, 15) is 0 Å². The van der Waals surface area contributed by atoms with Gasteiger partial charge in [0, 0.05) is 5.04 Å². The molecule has 0 spiro atoms. The third-order valence-corrected chi connectivity index (χ3v) is 9.31. The monoisotopic (exact) mass is 242 g/mol. The van der Waals surface area contributed by atoms with Gasteiger partial charge in [-0.05, 0) is 31.1 Å². The number of fused-ring (bicyclic) bond motifs is 2. The van der Waals surface area contributed by atoms with Crippen LogP contribution in [-0.4, -0.2) is 6.00 Å².